The van der Waals surface area contributed by atoms with Gasteiger partial charge in [-0.2, -0.15) is 0 Å². The van der Waals surface area contributed by atoms with Crippen LogP contribution >= 0.6 is 0 Å². The van der Waals surface area contributed by atoms with E-state index in [-0.39, 0.29) is 24.5 Å². The molecule has 1 heterocycles. The molecule has 1 aliphatic rings. The van der Waals surface area contributed by atoms with Crippen LogP contribution in [0.25, 0.3) is 0 Å². The fourth-order valence-corrected chi connectivity index (χ4v) is 0.980. The minimum absolute atomic E-state index is 0.0976. The molecule has 0 aromatic rings. The predicted molar refractivity (Wildman–Crippen MR) is 51.3 cm³/mol. The highest BCUT2D eigenvalue weighted by atomic mass is 16.6. The van der Waals surface area contributed by atoms with Crippen LogP contribution in [0.4, 0.5) is 0 Å². The van der Waals surface area contributed by atoms with Crippen LogP contribution in [0.15, 0.2) is 12.2 Å². The molecule has 0 radical (unpaired) electrons. The largest absolute Gasteiger partial charge is 0.481 e. The van der Waals surface area contributed by atoms with Crippen molar-refractivity contribution in [2.24, 2.45) is 0 Å². The Labute approximate surface area is 87.7 Å². The van der Waals surface area contributed by atoms with Gasteiger partial charge in [-0.1, -0.05) is 6.58 Å². The molecule has 5 heteroatoms. The van der Waals surface area contributed by atoms with E-state index < -0.39 is 11.9 Å². The van der Waals surface area contributed by atoms with Crippen molar-refractivity contribution in [2.75, 3.05) is 13.2 Å². The molecule has 1 atom stereocenters. The third-order valence-corrected chi connectivity index (χ3v) is 2.00. The third kappa shape index (κ3) is 5.17. The van der Waals surface area contributed by atoms with E-state index in [1.54, 1.807) is 0 Å². The maximum absolute atomic E-state index is 11.2. The van der Waals surface area contributed by atoms with Gasteiger partial charge in [0.1, 0.15) is 0 Å². The summed E-state index contributed by atoms with van der Waals surface area (Å²) >= 11 is 0. The number of hydrogen-bond acceptors (Lipinski definition) is 4. The van der Waals surface area contributed by atoms with Gasteiger partial charge in [0, 0.05) is 18.4 Å². The number of carbonyl (C=O) groups excluding carboxylic acids is 1. The standard InChI is InChI=1S/C10H14O5/c1-7(2-3-9(11)12)10(13)14-5-4-8-6-15-8/h8H,1-6H2,(H,11,12). The van der Waals surface area contributed by atoms with Crippen molar-refractivity contribution in [3.63, 3.8) is 0 Å². The molecule has 1 fully saturated rings. The Balaban J connectivity index is 2.08. The van der Waals surface area contributed by atoms with Crippen LogP contribution in [-0.4, -0.2) is 36.4 Å². The second-order valence-electron chi connectivity index (χ2n) is 3.38. The Morgan fingerprint density at radius 1 is 1.47 bits per heavy atom. The van der Waals surface area contributed by atoms with E-state index in [1.165, 1.54) is 0 Å². The number of ether oxygens (including phenoxy) is 2. The maximum atomic E-state index is 11.2. The molecular formula is C10H14O5. The molecule has 15 heavy (non-hydrogen) atoms. The zero-order valence-electron chi connectivity index (χ0n) is 8.40. The zero-order valence-corrected chi connectivity index (χ0v) is 8.40. The number of carboxylic acids is 1. The number of hydrogen-bond donors (Lipinski definition) is 1. The Morgan fingerprint density at radius 3 is 2.67 bits per heavy atom. The van der Waals surface area contributed by atoms with Gasteiger partial charge in [0.15, 0.2) is 0 Å². The van der Waals surface area contributed by atoms with Gasteiger partial charge in [0.25, 0.3) is 0 Å². The van der Waals surface area contributed by atoms with Gasteiger partial charge in [-0.3, -0.25) is 4.79 Å². The van der Waals surface area contributed by atoms with E-state index in [0.717, 1.165) is 6.61 Å². The molecule has 0 spiro atoms. The topological polar surface area (TPSA) is 76.1 Å². The highest BCUT2D eigenvalue weighted by molar-refractivity contribution is 5.88. The molecule has 1 unspecified atom stereocenters. The zero-order chi connectivity index (χ0) is 11.3. The van der Waals surface area contributed by atoms with Gasteiger partial charge in [-0.25, -0.2) is 4.79 Å². The second kappa shape index (κ2) is 5.50. The van der Waals surface area contributed by atoms with Gasteiger partial charge in [-0.15, -0.1) is 0 Å². The first-order chi connectivity index (χ1) is 7.09. The lowest BCUT2D eigenvalue weighted by Gasteiger charge is -2.04. The molecule has 5 nitrogen and oxygen atoms in total. The van der Waals surface area contributed by atoms with Crippen LogP contribution in [0.5, 0.6) is 0 Å². The Kier molecular flexibility index (Phi) is 4.30. The van der Waals surface area contributed by atoms with Crippen LogP contribution in [-0.2, 0) is 19.1 Å². The van der Waals surface area contributed by atoms with Crippen molar-refractivity contribution >= 4 is 11.9 Å². The van der Waals surface area contributed by atoms with Crippen LogP contribution in [0.3, 0.4) is 0 Å². The molecule has 0 aliphatic carbocycles. The van der Waals surface area contributed by atoms with Crippen molar-refractivity contribution in [1.29, 1.82) is 0 Å². The number of epoxide rings is 1. The molecule has 1 N–H and O–H groups in total. The minimum Gasteiger partial charge on any atom is -0.481 e. The summed E-state index contributed by atoms with van der Waals surface area (Å²) < 4.78 is 9.81. The quantitative estimate of drug-likeness (QED) is 0.384. The summed E-state index contributed by atoms with van der Waals surface area (Å²) in [5, 5.41) is 8.39. The summed E-state index contributed by atoms with van der Waals surface area (Å²) in [6.07, 6.45) is 0.955. The molecule has 1 rings (SSSR count). The average molecular weight is 214 g/mol. The normalized spacial score (nSPS) is 18.3. The van der Waals surface area contributed by atoms with Crippen LogP contribution < -0.4 is 0 Å². The van der Waals surface area contributed by atoms with E-state index in [1.807, 2.05) is 0 Å². The first kappa shape index (κ1) is 11.7. The third-order valence-electron chi connectivity index (χ3n) is 2.00. The predicted octanol–water partition coefficient (Wildman–Crippen LogP) is 0.740. The first-order valence-electron chi connectivity index (χ1n) is 4.78. The lowest BCUT2D eigenvalue weighted by Crippen LogP contribution is -2.10. The van der Waals surface area contributed by atoms with Crippen molar-refractivity contribution < 1.29 is 24.2 Å². The van der Waals surface area contributed by atoms with Crippen molar-refractivity contribution in [3.05, 3.63) is 12.2 Å². The number of rotatable bonds is 7. The molecule has 0 aromatic heterocycles. The Morgan fingerprint density at radius 2 is 2.13 bits per heavy atom. The fraction of sp³-hybridized carbons (Fsp3) is 0.600. The summed E-state index contributed by atoms with van der Waals surface area (Å²) in [7, 11) is 0. The van der Waals surface area contributed by atoms with Crippen LogP contribution in [0.1, 0.15) is 19.3 Å². The highest BCUT2D eigenvalue weighted by Crippen LogP contribution is 2.13. The summed E-state index contributed by atoms with van der Waals surface area (Å²) in [4.78, 5) is 21.4. The fourth-order valence-electron chi connectivity index (χ4n) is 0.980. The van der Waals surface area contributed by atoms with Crippen molar-refractivity contribution in [3.8, 4) is 0 Å². The van der Waals surface area contributed by atoms with E-state index >= 15 is 0 Å². The number of aliphatic carboxylic acids is 1. The summed E-state index contributed by atoms with van der Waals surface area (Å²) in [6.45, 7) is 4.51. The lowest BCUT2D eigenvalue weighted by atomic mass is 10.2. The van der Waals surface area contributed by atoms with E-state index in [9.17, 15) is 9.59 Å². The molecular weight excluding hydrogens is 200 g/mol. The van der Waals surface area contributed by atoms with Crippen LogP contribution in [0.2, 0.25) is 0 Å². The van der Waals surface area contributed by atoms with E-state index in [0.29, 0.717) is 13.0 Å². The van der Waals surface area contributed by atoms with Crippen molar-refractivity contribution in [1.82, 2.24) is 0 Å². The smallest absolute Gasteiger partial charge is 0.333 e. The Hall–Kier alpha value is -1.36. The average Bonchev–Trinajstić information content (AvgIpc) is 2.97. The summed E-state index contributed by atoms with van der Waals surface area (Å²) in [5.74, 6) is -1.47. The molecule has 1 saturated heterocycles. The van der Waals surface area contributed by atoms with Crippen LogP contribution in [0, 0.1) is 0 Å². The van der Waals surface area contributed by atoms with Gasteiger partial charge in [0.05, 0.1) is 19.3 Å². The van der Waals surface area contributed by atoms with Gasteiger partial charge >= 0.3 is 11.9 Å². The highest BCUT2D eigenvalue weighted by Gasteiger charge is 2.22. The minimum atomic E-state index is -0.949. The van der Waals surface area contributed by atoms with Crippen molar-refractivity contribution in [2.45, 2.75) is 25.4 Å². The monoisotopic (exact) mass is 214 g/mol. The number of esters is 1. The molecule has 0 amide bonds. The summed E-state index contributed by atoms with van der Waals surface area (Å²) in [5.41, 5.74) is 0.203. The number of carboxylic acid groups (broad SMARTS) is 1. The molecule has 84 valence electrons. The molecule has 1 aliphatic heterocycles. The van der Waals surface area contributed by atoms with Gasteiger partial charge < -0.3 is 14.6 Å². The molecule has 0 bridgehead atoms. The van der Waals surface area contributed by atoms with E-state index in [2.05, 4.69) is 6.58 Å². The number of carbonyl (C=O) groups is 2. The van der Waals surface area contributed by atoms with Gasteiger partial charge in [0.2, 0.25) is 0 Å². The molecule has 0 saturated carbocycles. The lowest BCUT2D eigenvalue weighted by molar-refractivity contribution is -0.139. The van der Waals surface area contributed by atoms with Gasteiger partial charge in [-0.05, 0) is 6.42 Å². The van der Waals surface area contributed by atoms with E-state index in [4.69, 9.17) is 14.6 Å². The Bertz CT molecular complexity index is 267. The second-order valence-corrected chi connectivity index (χ2v) is 3.38. The molecule has 0 aromatic carbocycles. The SMILES string of the molecule is C=C(CCC(=O)O)C(=O)OCCC1CO1. The summed E-state index contributed by atoms with van der Waals surface area (Å²) in [6, 6.07) is 0. The maximum Gasteiger partial charge on any atom is 0.333 e. The first-order valence-corrected chi connectivity index (χ1v) is 4.78.